The van der Waals surface area contributed by atoms with Crippen LogP contribution >= 0.6 is 0 Å². The summed E-state index contributed by atoms with van der Waals surface area (Å²) in [6, 6.07) is 3.83. The predicted molar refractivity (Wildman–Crippen MR) is 74.3 cm³/mol. The third kappa shape index (κ3) is 2.93. The van der Waals surface area contributed by atoms with Gasteiger partial charge in [0.05, 0.1) is 11.4 Å². The first-order valence-electron chi connectivity index (χ1n) is 6.36. The number of pyridine rings is 1. The molecule has 19 heavy (non-hydrogen) atoms. The van der Waals surface area contributed by atoms with E-state index in [9.17, 15) is 0 Å². The Balaban J connectivity index is 2.37. The molecule has 1 unspecified atom stereocenters. The van der Waals surface area contributed by atoms with Crippen molar-refractivity contribution in [1.82, 2.24) is 14.8 Å². The number of nitrogens with zero attached hydrogens (tertiary/aromatic N) is 3. The van der Waals surface area contributed by atoms with Crippen molar-refractivity contribution >= 4 is 0 Å². The van der Waals surface area contributed by atoms with Crippen LogP contribution in [0.15, 0.2) is 18.3 Å². The number of hydrogen-bond acceptors (Lipinski definition) is 4. The number of aryl methyl sites for hydroxylation is 3. The highest BCUT2D eigenvalue weighted by Gasteiger charge is 2.17. The summed E-state index contributed by atoms with van der Waals surface area (Å²) >= 11 is 0. The first kappa shape index (κ1) is 13.5. The normalized spacial score (nSPS) is 12.5. The first-order valence-corrected chi connectivity index (χ1v) is 6.36. The van der Waals surface area contributed by atoms with Crippen LogP contribution in [0.2, 0.25) is 0 Å². The Bertz CT molecular complexity index is 575. The second-order valence-corrected chi connectivity index (χ2v) is 4.86. The van der Waals surface area contributed by atoms with E-state index in [-0.39, 0.29) is 6.04 Å². The van der Waals surface area contributed by atoms with E-state index in [1.165, 1.54) is 0 Å². The van der Waals surface area contributed by atoms with Crippen molar-refractivity contribution in [2.45, 2.75) is 33.2 Å². The molecule has 2 aromatic rings. The van der Waals surface area contributed by atoms with Gasteiger partial charge in [0.1, 0.15) is 0 Å². The van der Waals surface area contributed by atoms with Crippen LogP contribution in [0.25, 0.3) is 0 Å². The summed E-state index contributed by atoms with van der Waals surface area (Å²) < 4.78 is 7.72. The molecule has 0 radical (unpaired) electrons. The molecule has 1 atom stereocenters. The Morgan fingerprint density at radius 2 is 2.11 bits per heavy atom. The average molecular weight is 260 g/mol. The SMILES string of the molecule is Cc1ncccc1Oc1c(CC(C)N)c(C)nn1C. The Labute approximate surface area is 113 Å². The molecular formula is C14H20N4O. The van der Waals surface area contributed by atoms with Crippen LogP contribution in [-0.2, 0) is 13.5 Å². The van der Waals surface area contributed by atoms with E-state index < -0.39 is 0 Å². The molecule has 0 fully saturated rings. The second-order valence-electron chi connectivity index (χ2n) is 4.86. The number of ether oxygens (including phenoxy) is 1. The molecule has 2 heterocycles. The minimum absolute atomic E-state index is 0.0697. The summed E-state index contributed by atoms with van der Waals surface area (Å²) in [5.41, 5.74) is 8.76. The van der Waals surface area contributed by atoms with E-state index in [4.69, 9.17) is 10.5 Å². The van der Waals surface area contributed by atoms with E-state index in [2.05, 4.69) is 10.1 Å². The van der Waals surface area contributed by atoms with E-state index in [0.717, 1.165) is 35.0 Å². The zero-order valence-corrected chi connectivity index (χ0v) is 11.8. The van der Waals surface area contributed by atoms with Crippen molar-refractivity contribution in [2.24, 2.45) is 12.8 Å². The Morgan fingerprint density at radius 1 is 1.37 bits per heavy atom. The van der Waals surface area contributed by atoms with Crippen molar-refractivity contribution < 1.29 is 4.74 Å². The third-order valence-electron chi connectivity index (χ3n) is 2.98. The molecule has 2 aromatic heterocycles. The topological polar surface area (TPSA) is 66.0 Å². The lowest BCUT2D eigenvalue weighted by Crippen LogP contribution is -2.18. The zero-order chi connectivity index (χ0) is 14.0. The second kappa shape index (κ2) is 5.40. The number of nitrogens with two attached hydrogens (primary N) is 1. The van der Waals surface area contributed by atoms with Gasteiger partial charge < -0.3 is 10.5 Å². The molecule has 0 aliphatic heterocycles. The van der Waals surface area contributed by atoms with Crippen molar-refractivity contribution in [2.75, 3.05) is 0 Å². The van der Waals surface area contributed by atoms with Crippen LogP contribution < -0.4 is 10.5 Å². The molecule has 0 saturated heterocycles. The smallest absolute Gasteiger partial charge is 0.221 e. The Morgan fingerprint density at radius 3 is 2.74 bits per heavy atom. The molecule has 2 rings (SSSR count). The fraction of sp³-hybridized carbons (Fsp3) is 0.429. The standard InChI is InChI=1S/C14H20N4O/c1-9(15)8-12-10(2)17-18(4)14(12)19-13-6-5-7-16-11(13)3/h5-7,9H,8,15H2,1-4H3. The van der Waals surface area contributed by atoms with Gasteiger partial charge in [-0.3, -0.25) is 4.98 Å². The maximum Gasteiger partial charge on any atom is 0.221 e. The molecule has 2 N–H and O–H groups in total. The number of rotatable bonds is 4. The quantitative estimate of drug-likeness (QED) is 0.914. The molecule has 0 amide bonds. The van der Waals surface area contributed by atoms with Gasteiger partial charge in [0.25, 0.3) is 0 Å². The molecule has 0 saturated carbocycles. The maximum absolute atomic E-state index is 5.98. The lowest BCUT2D eigenvalue weighted by atomic mass is 10.1. The van der Waals surface area contributed by atoms with E-state index >= 15 is 0 Å². The Kier molecular flexibility index (Phi) is 3.85. The van der Waals surface area contributed by atoms with Crippen molar-refractivity contribution in [3.8, 4) is 11.6 Å². The Hall–Kier alpha value is -1.88. The number of aromatic nitrogens is 3. The van der Waals surface area contributed by atoms with E-state index in [1.54, 1.807) is 10.9 Å². The van der Waals surface area contributed by atoms with Gasteiger partial charge in [-0.15, -0.1) is 0 Å². The summed E-state index contributed by atoms with van der Waals surface area (Å²) in [5, 5.41) is 4.41. The average Bonchev–Trinajstić information content (AvgIpc) is 2.58. The number of hydrogen-bond donors (Lipinski definition) is 1. The highest BCUT2D eigenvalue weighted by molar-refractivity contribution is 5.37. The fourth-order valence-electron chi connectivity index (χ4n) is 2.05. The lowest BCUT2D eigenvalue weighted by Gasteiger charge is -2.11. The van der Waals surface area contributed by atoms with Crippen LogP contribution in [0.3, 0.4) is 0 Å². The summed E-state index contributed by atoms with van der Waals surface area (Å²) in [6.45, 7) is 5.87. The van der Waals surface area contributed by atoms with Crippen molar-refractivity contribution in [3.63, 3.8) is 0 Å². The van der Waals surface area contributed by atoms with Gasteiger partial charge in [-0.1, -0.05) is 0 Å². The van der Waals surface area contributed by atoms with Crippen LogP contribution in [0.5, 0.6) is 11.6 Å². The lowest BCUT2D eigenvalue weighted by molar-refractivity contribution is 0.419. The van der Waals surface area contributed by atoms with E-state index in [0.29, 0.717) is 0 Å². The molecule has 0 aliphatic carbocycles. The summed E-state index contributed by atoms with van der Waals surface area (Å²) in [5.74, 6) is 1.49. The highest BCUT2D eigenvalue weighted by Crippen LogP contribution is 2.29. The van der Waals surface area contributed by atoms with Crippen molar-refractivity contribution in [3.05, 3.63) is 35.3 Å². The molecule has 0 aromatic carbocycles. The fourth-order valence-corrected chi connectivity index (χ4v) is 2.05. The molecule has 0 aliphatic rings. The van der Waals surface area contributed by atoms with Gasteiger partial charge >= 0.3 is 0 Å². The largest absolute Gasteiger partial charge is 0.437 e. The first-order chi connectivity index (χ1) is 8.99. The van der Waals surface area contributed by atoms with E-state index in [1.807, 2.05) is 40.0 Å². The van der Waals surface area contributed by atoms with Gasteiger partial charge in [-0.25, -0.2) is 4.68 Å². The van der Waals surface area contributed by atoms with Crippen LogP contribution in [0.1, 0.15) is 23.9 Å². The monoisotopic (exact) mass is 260 g/mol. The molecule has 0 spiro atoms. The third-order valence-corrected chi connectivity index (χ3v) is 2.98. The van der Waals surface area contributed by atoms with Crippen LogP contribution in [0.4, 0.5) is 0 Å². The molecule has 0 bridgehead atoms. The minimum Gasteiger partial charge on any atom is -0.437 e. The summed E-state index contributed by atoms with van der Waals surface area (Å²) in [7, 11) is 1.87. The minimum atomic E-state index is 0.0697. The zero-order valence-electron chi connectivity index (χ0n) is 11.8. The molecule has 5 nitrogen and oxygen atoms in total. The van der Waals surface area contributed by atoms with Gasteiger partial charge in [0.2, 0.25) is 5.88 Å². The maximum atomic E-state index is 5.98. The molecule has 102 valence electrons. The summed E-state index contributed by atoms with van der Waals surface area (Å²) in [6.07, 6.45) is 2.49. The van der Waals surface area contributed by atoms with Gasteiger partial charge in [0, 0.05) is 24.8 Å². The molecular weight excluding hydrogens is 240 g/mol. The van der Waals surface area contributed by atoms with Crippen molar-refractivity contribution in [1.29, 1.82) is 0 Å². The van der Waals surface area contributed by atoms with Crippen LogP contribution in [-0.4, -0.2) is 20.8 Å². The van der Waals surface area contributed by atoms with Gasteiger partial charge in [-0.2, -0.15) is 5.10 Å². The van der Waals surface area contributed by atoms with Crippen LogP contribution in [0, 0.1) is 13.8 Å². The van der Waals surface area contributed by atoms with Gasteiger partial charge in [-0.05, 0) is 39.3 Å². The molecule has 5 heteroatoms. The highest BCUT2D eigenvalue weighted by atomic mass is 16.5. The summed E-state index contributed by atoms with van der Waals surface area (Å²) in [4.78, 5) is 4.22. The predicted octanol–water partition coefficient (Wildman–Crippen LogP) is 2.11. The van der Waals surface area contributed by atoms with Gasteiger partial charge in [0.15, 0.2) is 5.75 Å².